The van der Waals surface area contributed by atoms with Crippen LogP contribution < -0.4 is 4.74 Å². The Morgan fingerprint density at radius 2 is 1.31 bits per heavy atom. The molecule has 0 aliphatic carbocycles. The zero-order valence-corrected chi connectivity index (χ0v) is 15.9. The van der Waals surface area contributed by atoms with E-state index in [2.05, 4.69) is 11.3 Å². The second-order valence-electron chi connectivity index (χ2n) is 6.66. The molecule has 0 amide bonds. The summed E-state index contributed by atoms with van der Waals surface area (Å²) in [7, 11) is 0. The molecule has 0 aromatic heterocycles. The van der Waals surface area contributed by atoms with Gasteiger partial charge in [-0.15, -0.1) is 6.58 Å². The average Bonchev–Trinajstić information content (AvgIpc) is 2.69. The largest absolute Gasteiger partial charge is 0.432 e. The average molecular weight is 456 g/mol. The van der Waals surface area contributed by atoms with Gasteiger partial charge in [0.2, 0.25) is 0 Å². The van der Waals surface area contributed by atoms with Crippen molar-refractivity contribution in [1.82, 2.24) is 0 Å². The molecule has 0 heterocycles. The first-order valence-corrected chi connectivity index (χ1v) is 9.03. The topological polar surface area (TPSA) is 9.23 Å². The Labute approximate surface area is 180 Å². The van der Waals surface area contributed by atoms with E-state index in [1.165, 1.54) is 0 Å². The van der Waals surface area contributed by atoms with E-state index < -0.39 is 46.5 Å². The van der Waals surface area contributed by atoms with Gasteiger partial charge in [-0.1, -0.05) is 37.8 Å². The lowest BCUT2D eigenvalue weighted by Crippen LogP contribution is -2.25. The van der Waals surface area contributed by atoms with Crippen LogP contribution in [-0.4, -0.2) is 0 Å². The van der Waals surface area contributed by atoms with Crippen LogP contribution in [-0.2, 0) is 12.5 Å². The van der Waals surface area contributed by atoms with E-state index in [1.807, 2.05) is 0 Å². The zero-order valence-electron chi connectivity index (χ0n) is 15.9. The highest BCUT2D eigenvalue weighted by atomic mass is 19.3. The molecule has 0 saturated carbocycles. The number of halogens is 7. The molecule has 0 bridgehead atoms. The van der Waals surface area contributed by atoms with Crippen molar-refractivity contribution in [3.8, 4) is 16.9 Å². The first-order valence-electron chi connectivity index (χ1n) is 9.03. The van der Waals surface area contributed by atoms with Crippen LogP contribution in [0.15, 0.2) is 61.2 Å². The Morgan fingerprint density at radius 3 is 1.81 bits per heavy atom. The Balaban J connectivity index is 0.00000363. The van der Waals surface area contributed by atoms with Crippen LogP contribution in [0, 0.1) is 29.1 Å². The number of ether oxygens (including phenoxy) is 1. The molecule has 0 aliphatic rings. The molecule has 3 aromatic rings. The van der Waals surface area contributed by atoms with Gasteiger partial charge in [0.1, 0.15) is 22.9 Å². The van der Waals surface area contributed by atoms with Crippen molar-refractivity contribution in [2.75, 3.05) is 0 Å². The van der Waals surface area contributed by atoms with Gasteiger partial charge in [0.05, 0.1) is 0 Å². The maximum absolute atomic E-state index is 14.4. The van der Waals surface area contributed by atoms with Crippen LogP contribution >= 0.6 is 0 Å². The molecular weight excluding hydrogens is 437 g/mol. The summed E-state index contributed by atoms with van der Waals surface area (Å²) in [6, 6.07) is 8.32. The van der Waals surface area contributed by atoms with Crippen molar-refractivity contribution < 1.29 is 35.5 Å². The molecule has 3 rings (SSSR count). The summed E-state index contributed by atoms with van der Waals surface area (Å²) in [5.41, 5.74) is -0.397. The minimum atomic E-state index is -4.63. The fourth-order valence-electron chi connectivity index (χ4n) is 2.94. The van der Waals surface area contributed by atoms with E-state index in [9.17, 15) is 30.7 Å². The van der Waals surface area contributed by atoms with E-state index in [-0.39, 0.29) is 25.1 Å². The molecule has 8 heteroatoms. The Kier molecular flexibility index (Phi) is 7.72. The lowest BCUT2D eigenvalue weighted by Gasteiger charge is -2.20. The number of hydrogen-bond donors (Lipinski definition) is 0. The molecular formula is C24H19F7O. The summed E-state index contributed by atoms with van der Waals surface area (Å²) in [4.78, 5) is 0. The van der Waals surface area contributed by atoms with E-state index in [0.717, 1.165) is 18.4 Å². The van der Waals surface area contributed by atoms with E-state index in [1.54, 1.807) is 30.3 Å². The van der Waals surface area contributed by atoms with Gasteiger partial charge in [0.25, 0.3) is 0 Å². The van der Waals surface area contributed by atoms with Gasteiger partial charge in [-0.3, -0.25) is 0 Å². The van der Waals surface area contributed by atoms with Gasteiger partial charge in [-0.05, 0) is 41.7 Å². The van der Waals surface area contributed by atoms with Gasteiger partial charge in [-0.2, -0.15) is 8.78 Å². The summed E-state index contributed by atoms with van der Waals surface area (Å²) in [6.45, 7) is 3.62. The van der Waals surface area contributed by atoms with Crippen molar-refractivity contribution in [3.63, 3.8) is 0 Å². The van der Waals surface area contributed by atoms with Crippen molar-refractivity contribution >= 4 is 0 Å². The highest BCUT2D eigenvalue weighted by Crippen LogP contribution is 2.37. The zero-order chi connectivity index (χ0) is 22.8. The SMILES string of the molecule is C.C=CCCc1ccc(-c2cc(F)c(C(F)(F)Oc3cc(F)c(F)c(F)c3)c(F)c2)cc1. The van der Waals surface area contributed by atoms with Gasteiger partial charge in [0, 0.05) is 12.1 Å². The molecule has 3 aromatic carbocycles. The fraction of sp³-hybridized carbons (Fsp3) is 0.167. The molecule has 1 nitrogen and oxygen atoms in total. The van der Waals surface area contributed by atoms with Gasteiger partial charge in [0.15, 0.2) is 17.5 Å². The Bertz CT molecular complexity index is 1060. The first-order chi connectivity index (χ1) is 14.6. The van der Waals surface area contributed by atoms with Crippen LogP contribution in [0.1, 0.15) is 25.0 Å². The van der Waals surface area contributed by atoms with Crippen molar-refractivity contribution in [1.29, 1.82) is 0 Å². The highest BCUT2D eigenvalue weighted by molar-refractivity contribution is 5.64. The maximum Gasteiger partial charge on any atom is 0.432 e. The molecule has 0 spiro atoms. The highest BCUT2D eigenvalue weighted by Gasteiger charge is 2.41. The molecule has 0 saturated heterocycles. The summed E-state index contributed by atoms with van der Waals surface area (Å²) in [6.07, 6.45) is -1.42. The predicted molar refractivity (Wildman–Crippen MR) is 108 cm³/mol. The van der Waals surface area contributed by atoms with Crippen LogP contribution in [0.5, 0.6) is 5.75 Å². The molecule has 0 aliphatic heterocycles. The van der Waals surface area contributed by atoms with E-state index in [0.29, 0.717) is 17.7 Å². The maximum atomic E-state index is 14.4. The first kappa shape index (κ1) is 25.0. The summed E-state index contributed by atoms with van der Waals surface area (Å²) in [5, 5.41) is 0. The molecule has 0 radical (unpaired) electrons. The quantitative estimate of drug-likeness (QED) is 0.199. The molecule has 0 unspecified atom stereocenters. The van der Waals surface area contributed by atoms with Crippen LogP contribution in [0.2, 0.25) is 0 Å². The van der Waals surface area contributed by atoms with Gasteiger partial charge >= 0.3 is 6.11 Å². The second-order valence-corrected chi connectivity index (χ2v) is 6.66. The number of alkyl halides is 2. The molecule has 0 fully saturated rings. The third-order valence-corrected chi connectivity index (χ3v) is 4.46. The number of aryl methyl sites for hydroxylation is 1. The normalized spacial score (nSPS) is 11.1. The van der Waals surface area contributed by atoms with Crippen molar-refractivity contribution in [2.24, 2.45) is 0 Å². The minimum Gasteiger partial charge on any atom is -0.429 e. The number of benzene rings is 3. The molecule has 170 valence electrons. The lowest BCUT2D eigenvalue weighted by atomic mass is 10.00. The van der Waals surface area contributed by atoms with Crippen LogP contribution in [0.3, 0.4) is 0 Å². The number of rotatable bonds is 7. The smallest absolute Gasteiger partial charge is 0.429 e. The Hall–Kier alpha value is -3.29. The molecule has 0 N–H and O–H groups in total. The third-order valence-electron chi connectivity index (χ3n) is 4.46. The summed E-state index contributed by atoms with van der Waals surface area (Å²) < 4.78 is 101. The van der Waals surface area contributed by atoms with Crippen LogP contribution in [0.25, 0.3) is 11.1 Å². The van der Waals surface area contributed by atoms with Gasteiger partial charge < -0.3 is 4.74 Å². The fourth-order valence-corrected chi connectivity index (χ4v) is 2.94. The summed E-state index contributed by atoms with van der Waals surface area (Å²) >= 11 is 0. The minimum absolute atomic E-state index is 0. The van der Waals surface area contributed by atoms with Crippen LogP contribution in [0.4, 0.5) is 30.7 Å². The standard InChI is InChI=1S/C23H15F7O.CH4/c1-2-3-4-13-5-7-14(8-6-13)15-9-17(24)21(18(25)10-15)23(29,30)31-16-11-19(26)22(28)20(27)12-16;/h2,5-12H,1,3-4H2;1H4. The van der Waals surface area contributed by atoms with Crippen molar-refractivity contribution in [2.45, 2.75) is 26.4 Å². The van der Waals surface area contributed by atoms with Gasteiger partial charge in [-0.25, -0.2) is 22.0 Å². The number of hydrogen-bond acceptors (Lipinski definition) is 1. The second kappa shape index (κ2) is 9.89. The molecule has 32 heavy (non-hydrogen) atoms. The third kappa shape index (κ3) is 5.30. The van der Waals surface area contributed by atoms with Crippen molar-refractivity contribution in [3.05, 3.63) is 101 Å². The predicted octanol–water partition coefficient (Wildman–Crippen LogP) is 7.93. The monoisotopic (exact) mass is 456 g/mol. The Morgan fingerprint density at radius 1 is 0.781 bits per heavy atom. The lowest BCUT2D eigenvalue weighted by molar-refractivity contribution is -0.189. The van der Waals surface area contributed by atoms with E-state index >= 15 is 0 Å². The summed E-state index contributed by atoms with van der Waals surface area (Å²) in [5.74, 6) is -9.87. The number of allylic oxidation sites excluding steroid dienone is 1. The van der Waals surface area contributed by atoms with E-state index in [4.69, 9.17) is 0 Å². The molecule has 0 atom stereocenters.